The van der Waals surface area contributed by atoms with Crippen LogP contribution < -0.4 is 5.32 Å². The van der Waals surface area contributed by atoms with Crippen LogP contribution in [0.1, 0.15) is 32.4 Å². The highest BCUT2D eigenvalue weighted by molar-refractivity contribution is 7.21. The summed E-state index contributed by atoms with van der Waals surface area (Å²) in [5, 5.41) is 3.68. The number of carbonyl (C=O) groups excluding carboxylic acids is 1. The maximum absolute atomic E-state index is 12.0. The normalized spacial score (nSPS) is 12.4. The number of fused-ring (bicyclic) bond motifs is 1. The molecule has 132 valence electrons. The first-order valence-corrected chi connectivity index (χ1v) is 9.33. The molecule has 1 amide bonds. The molecule has 1 atom stereocenters. The zero-order valence-corrected chi connectivity index (χ0v) is 15.3. The molecular formula is C19H22N2O3S. The number of thiazole rings is 1. The summed E-state index contributed by atoms with van der Waals surface area (Å²) in [6.07, 6.45) is 1.56. The summed E-state index contributed by atoms with van der Waals surface area (Å²) in [6.45, 7) is 4.80. The minimum absolute atomic E-state index is 0.131. The fourth-order valence-corrected chi connectivity index (χ4v) is 3.29. The van der Waals surface area contributed by atoms with E-state index in [1.54, 1.807) is 18.3 Å². The van der Waals surface area contributed by atoms with E-state index in [0.717, 1.165) is 33.8 Å². The average Bonchev–Trinajstić information content (AvgIpc) is 3.26. The number of benzene rings is 1. The first-order chi connectivity index (χ1) is 12.2. The molecule has 2 heterocycles. The summed E-state index contributed by atoms with van der Waals surface area (Å²) in [6, 6.07) is 11.8. The lowest BCUT2D eigenvalue weighted by molar-refractivity contribution is -0.132. The van der Waals surface area contributed by atoms with Crippen molar-refractivity contribution < 1.29 is 13.9 Å². The van der Waals surface area contributed by atoms with Crippen LogP contribution in [0.3, 0.4) is 0 Å². The van der Waals surface area contributed by atoms with Gasteiger partial charge in [0.25, 0.3) is 0 Å². The number of rotatable bonds is 8. The number of ether oxygens (including phenoxy) is 1. The molecule has 0 aliphatic carbocycles. The fourth-order valence-electron chi connectivity index (χ4n) is 2.36. The second kappa shape index (κ2) is 8.27. The van der Waals surface area contributed by atoms with Gasteiger partial charge in [0.15, 0.2) is 10.8 Å². The Balaban J connectivity index is 1.57. The molecule has 0 saturated heterocycles. The summed E-state index contributed by atoms with van der Waals surface area (Å²) in [7, 11) is 0. The van der Waals surface area contributed by atoms with Gasteiger partial charge in [-0.2, -0.15) is 0 Å². The van der Waals surface area contributed by atoms with Gasteiger partial charge in [-0.3, -0.25) is 4.79 Å². The van der Waals surface area contributed by atoms with Crippen molar-refractivity contribution in [3.63, 3.8) is 0 Å². The van der Waals surface area contributed by atoms with E-state index in [9.17, 15) is 4.79 Å². The molecule has 0 aliphatic rings. The molecule has 0 aliphatic heterocycles. The van der Waals surface area contributed by atoms with E-state index in [1.165, 1.54) is 0 Å². The Hall–Kier alpha value is -2.18. The number of nitrogens with one attached hydrogen (secondary N) is 1. The summed E-state index contributed by atoms with van der Waals surface area (Å²) in [5.41, 5.74) is 0.965. The van der Waals surface area contributed by atoms with Crippen LogP contribution in [0.25, 0.3) is 21.0 Å². The minimum atomic E-state index is -0.453. The van der Waals surface area contributed by atoms with Gasteiger partial charge in [0, 0.05) is 6.61 Å². The topological polar surface area (TPSA) is 64.4 Å². The van der Waals surface area contributed by atoms with Crippen molar-refractivity contribution in [2.45, 2.75) is 39.3 Å². The zero-order valence-electron chi connectivity index (χ0n) is 14.5. The van der Waals surface area contributed by atoms with Crippen LogP contribution in [-0.2, 0) is 16.1 Å². The Kier molecular flexibility index (Phi) is 5.83. The predicted molar refractivity (Wildman–Crippen MR) is 99.5 cm³/mol. The third kappa shape index (κ3) is 4.46. The van der Waals surface area contributed by atoms with Gasteiger partial charge in [-0.25, -0.2) is 4.98 Å². The fraction of sp³-hybridized carbons (Fsp3) is 0.368. The van der Waals surface area contributed by atoms with Crippen molar-refractivity contribution >= 4 is 27.5 Å². The van der Waals surface area contributed by atoms with Gasteiger partial charge in [0.05, 0.1) is 16.8 Å². The molecule has 3 rings (SSSR count). The summed E-state index contributed by atoms with van der Waals surface area (Å²) in [4.78, 5) is 16.6. The van der Waals surface area contributed by atoms with Crippen molar-refractivity contribution in [3.05, 3.63) is 42.2 Å². The van der Waals surface area contributed by atoms with E-state index >= 15 is 0 Å². The molecule has 0 fully saturated rings. The van der Waals surface area contributed by atoms with Gasteiger partial charge in [-0.05, 0) is 37.6 Å². The summed E-state index contributed by atoms with van der Waals surface area (Å²) >= 11 is 1.59. The summed E-state index contributed by atoms with van der Waals surface area (Å²) < 4.78 is 12.4. The lowest BCUT2D eigenvalue weighted by Crippen LogP contribution is -2.34. The first-order valence-electron chi connectivity index (χ1n) is 8.51. The van der Waals surface area contributed by atoms with Crippen molar-refractivity contribution in [1.82, 2.24) is 10.3 Å². The van der Waals surface area contributed by atoms with Gasteiger partial charge in [-0.15, -0.1) is 11.3 Å². The Morgan fingerprint density at radius 2 is 2.16 bits per heavy atom. The lowest BCUT2D eigenvalue weighted by atomic mass is 10.3. The Labute approximate surface area is 151 Å². The van der Waals surface area contributed by atoms with E-state index in [0.29, 0.717) is 18.9 Å². The lowest BCUT2D eigenvalue weighted by Gasteiger charge is -2.12. The van der Waals surface area contributed by atoms with Gasteiger partial charge < -0.3 is 14.5 Å². The van der Waals surface area contributed by atoms with Crippen molar-refractivity contribution in [1.29, 1.82) is 0 Å². The highest BCUT2D eigenvalue weighted by atomic mass is 32.1. The van der Waals surface area contributed by atoms with Gasteiger partial charge in [0.1, 0.15) is 11.9 Å². The standard InChI is InChI=1S/C19H22N2O3S/c1-3-4-11-23-13(2)18(22)20-12-14-9-10-16(24-14)19-21-15-7-5-6-8-17(15)25-19/h5-10,13H,3-4,11-12H2,1-2H3,(H,20,22). The van der Waals surface area contributed by atoms with Crippen molar-refractivity contribution in [2.75, 3.05) is 6.61 Å². The van der Waals surface area contributed by atoms with Crippen LogP contribution in [0, 0.1) is 0 Å². The molecule has 0 bridgehead atoms. The second-order valence-corrected chi connectivity index (χ2v) is 6.87. The Morgan fingerprint density at radius 1 is 1.32 bits per heavy atom. The van der Waals surface area contributed by atoms with E-state index in [2.05, 4.69) is 17.2 Å². The van der Waals surface area contributed by atoms with Crippen LogP contribution >= 0.6 is 11.3 Å². The van der Waals surface area contributed by atoms with Gasteiger partial charge >= 0.3 is 0 Å². The Morgan fingerprint density at radius 3 is 2.96 bits per heavy atom. The van der Waals surface area contributed by atoms with Gasteiger partial charge in [0.2, 0.25) is 5.91 Å². The largest absolute Gasteiger partial charge is 0.457 e. The molecule has 0 radical (unpaired) electrons. The van der Waals surface area contributed by atoms with Crippen LogP contribution in [0.2, 0.25) is 0 Å². The zero-order chi connectivity index (χ0) is 17.6. The number of hydrogen-bond acceptors (Lipinski definition) is 5. The third-order valence-corrected chi connectivity index (χ3v) is 4.89. The van der Waals surface area contributed by atoms with E-state index in [-0.39, 0.29) is 5.91 Å². The number of aromatic nitrogens is 1. The van der Waals surface area contributed by atoms with Crippen LogP contribution in [-0.4, -0.2) is 23.6 Å². The van der Waals surface area contributed by atoms with Crippen LogP contribution in [0.4, 0.5) is 0 Å². The molecule has 1 N–H and O–H groups in total. The van der Waals surface area contributed by atoms with Gasteiger partial charge in [-0.1, -0.05) is 25.5 Å². The number of hydrogen-bond donors (Lipinski definition) is 1. The summed E-state index contributed by atoms with van der Waals surface area (Å²) in [5.74, 6) is 1.29. The highest BCUT2D eigenvalue weighted by Gasteiger charge is 2.14. The van der Waals surface area contributed by atoms with Crippen molar-refractivity contribution in [3.8, 4) is 10.8 Å². The molecule has 2 aromatic heterocycles. The molecule has 0 spiro atoms. The number of amides is 1. The monoisotopic (exact) mass is 358 g/mol. The number of nitrogens with zero attached hydrogens (tertiary/aromatic N) is 1. The molecular weight excluding hydrogens is 336 g/mol. The molecule has 25 heavy (non-hydrogen) atoms. The van der Waals surface area contributed by atoms with Crippen molar-refractivity contribution in [2.24, 2.45) is 0 Å². The quantitative estimate of drug-likeness (QED) is 0.607. The molecule has 3 aromatic rings. The molecule has 1 aromatic carbocycles. The second-order valence-electron chi connectivity index (χ2n) is 5.84. The molecule has 5 nitrogen and oxygen atoms in total. The predicted octanol–water partition coefficient (Wildman–Crippen LogP) is 4.38. The number of carbonyl (C=O) groups is 1. The average molecular weight is 358 g/mol. The SMILES string of the molecule is CCCCOC(C)C(=O)NCc1ccc(-c2nc3ccccc3s2)o1. The minimum Gasteiger partial charge on any atom is -0.457 e. The van der Waals surface area contributed by atoms with E-state index < -0.39 is 6.10 Å². The first kappa shape index (κ1) is 17.6. The molecule has 0 saturated carbocycles. The van der Waals surface area contributed by atoms with Crippen LogP contribution in [0.15, 0.2) is 40.8 Å². The Bertz CT molecular complexity index is 807. The van der Waals surface area contributed by atoms with Crippen LogP contribution in [0.5, 0.6) is 0 Å². The number of para-hydroxylation sites is 1. The van der Waals surface area contributed by atoms with E-state index in [4.69, 9.17) is 9.15 Å². The maximum atomic E-state index is 12.0. The number of furan rings is 1. The van der Waals surface area contributed by atoms with E-state index in [1.807, 2.05) is 36.4 Å². The molecule has 6 heteroatoms. The molecule has 1 unspecified atom stereocenters. The smallest absolute Gasteiger partial charge is 0.249 e. The highest BCUT2D eigenvalue weighted by Crippen LogP contribution is 2.31. The third-order valence-electron chi connectivity index (χ3n) is 3.84. The maximum Gasteiger partial charge on any atom is 0.249 e. The number of unbranched alkanes of at least 4 members (excludes halogenated alkanes) is 1.